The van der Waals surface area contributed by atoms with Crippen LogP contribution in [-0.2, 0) is 12.1 Å². The summed E-state index contributed by atoms with van der Waals surface area (Å²) in [5.41, 5.74) is 4.98. The Bertz CT molecular complexity index is 939. The highest BCUT2D eigenvalue weighted by molar-refractivity contribution is 5.41. The molecule has 0 atom stereocenters. The SMILES string of the molecule is Cc1cc(CN2CCC(O)(c3ccc(F)cc3)CC2)c(C)n1-c1ccccc1. The Hall–Kier alpha value is -2.43. The van der Waals surface area contributed by atoms with Crippen molar-refractivity contribution in [2.75, 3.05) is 13.1 Å². The molecule has 4 heteroatoms. The number of aromatic nitrogens is 1. The van der Waals surface area contributed by atoms with Gasteiger partial charge in [-0.15, -0.1) is 0 Å². The van der Waals surface area contributed by atoms with E-state index in [1.807, 2.05) is 6.07 Å². The van der Waals surface area contributed by atoms with Crippen LogP contribution >= 0.6 is 0 Å². The van der Waals surface area contributed by atoms with Crippen LogP contribution < -0.4 is 0 Å². The van der Waals surface area contributed by atoms with Gasteiger partial charge in [-0.3, -0.25) is 4.90 Å². The number of para-hydroxylation sites is 1. The first-order chi connectivity index (χ1) is 13.5. The normalized spacial score (nSPS) is 17.0. The molecule has 0 aliphatic carbocycles. The van der Waals surface area contributed by atoms with Gasteiger partial charge < -0.3 is 9.67 Å². The van der Waals surface area contributed by atoms with Crippen molar-refractivity contribution in [3.05, 3.63) is 89.0 Å². The van der Waals surface area contributed by atoms with Gasteiger partial charge in [0.1, 0.15) is 5.82 Å². The van der Waals surface area contributed by atoms with Gasteiger partial charge in [-0.25, -0.2) is 4.39 Å². The first kappa shape index (κ1) is 18.9. The zero-order valence-electron chi connectivity index (χ0n) is 16.5. The summed E-state index contributed by atoms with van der Waals surface area (Å²) in [7, 11) is 0. The minimum absolute atomic E-state index is 0.265. The Morgan fingerprint density at radius 1 is 0.964 bits per heavy atom. The van der Waals surface area contributed by atoms with Crippen LogP contribution in [0.4, 0.5) is 4.39 Å². The number of aliphatic hydroxyl groups is 1. The molecule has 2 heterocycles. The van der Waals surface area contributed by atoms with E-state index in [0.29, 0.717) is 12.8 Å². The van der Waals surface area contributed by atoms with Gasteiger partial charge in [0.2, 0.25) is 0 Å². The lowest BCUT2D eigenvalue weighted by atomic mass is 9.84. The number of likely N-dealkylation sites (tertiary alicyclic amines) is 1. The summed E-state index contributed by atoms with van der Waals surface area (Å²) in [5.74, 6) is -0.265. The predicted molar refractivity (Wildman–Crippen MR) is 110 cm³/mol. The summed E-state index contributed by atoms with van der Waals surface area (Å²) in [6.07, 6.45) is 1.33. The molecule has 1 aliphatic heterocycles. The van der Waals surface area contributed by atoms with E-state index in [-0.39, 0.29) is 5.82 Å². The monoisotopic (exact) mass is 378 g/mol. The quantitative estimate of drug-likeness (QED) is 0.712. The molecule has 0 saturated carbocycles. The average Bonchev–Trinajstić information content (AvgIpc) is 2.98. The summed E-state index contributed by atoms with van der Waals surface area (Å²) < 4.78 is 15.5. The van der Waals surface area contributed by atoms with Crippen LogP contribution in [0.2, 0.25) is 0 Å². The number of halogens is 1. The van der Waals surface area contributed by atoms with E-state index in [4.69, 9.17) is 0 Å². The van der Waals surface area contributed by atoms with E-state index < -0.39 is 5.60 Å². The van der Waals surface area contributed by atoms with Gasteiger partial charge in [-0.1, -0.05) is 30.3 Å². The highest BCUT2D eigenvalue weighted by atomic mass is 19.1. The molecule has 146 valence electrons. The van der Waals surface area contributed by atoms with E-state index in [1.54, 1.807) is 12.1 Å². The molecule has 28 heavy (non-hydrogen) atoms. The number of hydrogen-bond acceptors (Lipinski definition) is 2. The van der Waals surface area contributed by atoms with E-state index >= 15 is 0 Å². The van der Waals surface area contributed by atoms with Gasteiger partial charge in [0, 0.05) is 36.7 Å². The smallest absolute Gasteiger partial charge is 0.123 e. The number of aryl methyl sites for hydroxylation is 1. The van der Waals surface area contributed by atoms with Crippen LogP contribution in [-0.4, -0.2) is 27.7 Å². The fourth-order valence-electron chi connectivity index (χ4n) is 4.33. The molecule has 3 nitrogen and oxygen atoms in total. The Labute approximate surface area is 166 Å². The highest BCUT2D eigenvalue weighted by Gasteiger charge is 2.34. The first-order valence-corrected chi connectivity index (χ1v) is 9.90. The van der Waals surface area contributed by atoms with E-state index in [0.717, 1.165) is 25.2 Å². The molecule has 1 N–H and O–H groups in total. The third-order valence-electron chi connectivity index (χ3n) is 6.01. The molecule has 1 saturated heterocycles. The lowest BCUT2D eigenvalue weighted by molar-refractivity contribution is -0.0278. The first-order valence-electron chi connectivity index (χ1n) is 9.90. The molecule has 0 amide bonds. The molecule has 1 aromatic heterocycles. The summed E-state index contributed by atoms with van der Waals surface area (Å²) in [4.78, 5) is 2.40. The van der Waals surface area contributed by atoms with Gasteiger partial charge in [0.05, 0.1) is 5.60 Å². The Morgan fingerprint density at radius 2 is 1.61 bits per heavy atom. The number of rotatable bonds is 4. The van der Waals surface area contributed by atoms with Crippen LogP contribution in [0, 0.1) is 19.7 Å². The zero-order valence-corrected chi connectivity index (χ0v) is 16.5. The third kappa shape index (κ3) is 3.62. The van der Waals surface area contributed by atoms with Crippen molar-refractivity contribution in [3.63, 3.8) is 0 Å². The molecule has 1 fully saturated rings. The number of hydrogen-bond donors (Lipinski definition) is 1. The van der Waals surface area contributed by atoms with Crippen LogP contribution in [0.3, 0.4) is 0 Å². The standard InChI is InChI=1S/C24H27FN2O/c1-18-16-20(19(2)27(18)23-6-4-3-5-7-23)17-26-14-12-24(28,13-15-26)21-8-10-22(25)11-9-21/h3-11,16,28H,12-15,17H2,1-2H3. The summed E-state index contributed by atoms with van der Waals surface area (Å²) in [6.45, 7) is 6.85. The Kier molecular flexibility index (Phi) is 5.09. The fraction of sp³-hybridized carbons (Fsp3) is 0.333. The van der Waals surface area contributed by atoms with Gasteiger partial charge >= 0.3 is 0 Å². The van der Waals surface area contributed by atoms with Crippen molar-refractivity contribution >= 4 is 0 Å². The zero-order chi connectivity index (χ0) is 19.7. The van der Waals surface area contributed by atoms with Crippen molar-refractivity contribution in [2.24, 2.45) is 0 Å². The van der Waals surface area contributed by atoms with Crippen molar-refractivity contribution in [1.29, 1.82) is 0 Å². The van der Waals surface area contributed by atoms with Gasteiger partial charge in [0.25, 0.3) is 0 Å². The molecule has 4 rings (SSSR count). The fourth-order valence-corrected chi connectivity index (χ4v) is 4.33. The van der Waals surface area contributed by atoms with Crippen molar-refractivity contribution < 1.29 is 9.50 Å². The van der Waals surface area contributed by atoms with Crippen LogP contribution in [0.25, 0.3) is 5.69 Å². The van der Waals surface area contributed by atoms with Gasteiger partial charge in [0.15, 0.2) is 0 Å². The molecule has 0 radical (unpaired) electrons. The van der Waals surface area contributed by atoms with E-state index in [2.05, 4.69) is 53.6 Å². The number of nitrogens with zero attached hydrogens (tertiary/aromatic N) is 2. The maximum Gasteiger partial charge on any atom is 0.123 e. The highest BCUT2D eigenvalue weighted by Crippen LogP contribution is 2.34. The van der Waals surface area contributed by atoms with Crippen LogP contribution in [0.5, 0.6) is 0 Å². The molecule has 2 aromatic carbocycles. The van der Waals surface area contributed by atoms with Crippen molar-refractivity contribution in [1.82, 2.24) is 9.47 Å². The van der Waals surface area contributed by atoms with Crippen molar-refractivity contribution in [2.45, 2.75) is 38.8 Å². The lowest BCUT2D eigenvalue weighted by Gasteiger charge is -2.38. The van der Waals surface area contributed by atoms with Gasteiger partial charge in [-0.05, 0) is 68.1 Å². The second-order valence-corrected chi connectivity index (χ2v) is 7.88. The number of benzene rings is 2. The lowest BCUT2D eigenvalue weighted by Crippen LogP contribution is -2.42. The Morgan fingerprint density at radius 3 is 2.25 bits per heavy atom. The van der Waals surface area contributed by atoms with Crippen molar-refractivity contribution in [3.8, 4) is 5.69 Å². The molecule has 0 bridgehead atoms. The van der Waals surface area contributed by atoms with E-state index in [9.17, 15) is 9.50 Å². The summed E-state index contributed by atoms with van der Waals surface area (Å²) in [5, 5.41) is 11.0. The average molecular weight is 378 g/mol. The van der Waals surface area contributed by atoms with Gasteiger partial charge in [-0.2, -0.15) is 0 Å². The Balaban J connectivity index is 1.46. The topological polar surface area (TPSA) is 28.4 Å². The number of piperidine rings is 1. The molecule has 3 aromatic rings. The maximum absolute atomic E-state index is 13.2. The molecule has 1 aliphatic rings. The van der Waals surface area contributed by atoms with E-state index in [1.165, 1.54) is 34.8 Å². The summed E-state index contributed by atoms with van der Waals surface area (Å²) >= 11 is 0. The molecule has 0 spiro atoms. The second-order valence-electron chi connectivity index (χ2n) is 7.88. The predicted octanol–water partition coefficient (Wildman–Crippen LogP) is 4.72. The van der Waals surface area contributed by atoms with Crippen LogP contribution in [0.15, 0.2) is 60.7 Å². The molecular weight excluding hydrogens is 351 g/mol. The molecular formula is C24H27FN2O. The largest absolute Gasteiger partial charge is 0.385 e. The third-order valence-corrected chi connectivity index (χ3v) is 6.01. The van der Waals surface area contributed by atoms with Crippen LogP contribution in [0.1, 0.15) is 35.4 Å². The summed E-state index contributed by atoms with van der Waals surface area (Å²) in [6, 6.07) is 19.0. The maximum atomic E-state index is 13.2. The molecule has 0 unspecified atom stereocenters. The minimum Gasteiger partial charge on any atom is -0.385 e. The second kappa shape index (κ2) is 7.53. The minimum atomic E-state index is -0.856.